The van der Waals surface area contributed by atoms with Crippen LogP contribution in [-0.4, -0.2) is 13.4 Å². The first-order valence-electron chi connectivity index (χ1n) is 3.90. The lowest BCUT2D eigenvalue weighted by Crippen LogP contribution is -1.90. The Morgan fingerprint density at radius 3 is 2.75 bits per heavy atom. The normalized spacial score (nSPS) is 9.92. The van der Waals surface area contributed by atoms with Gasteiger partial charge in [0.2, 0.25) is 0 Å². The summed E-state index contributed by atoms with van der Waals surface area (Å²) >= 11 is 1.81. The third-order valence-corrected chi connectivity index (χ3v) is 2.34. The summed E-state index contributed by atoms with van der Waals surface area (Å²) in [6.07, 6.45) is 2.10. The van der Waals surface area contributed by atoms with Gasteiger partial charge in [0.1, 0.15) is 5.75 Å². The fourth-order valence-corrected chi connectivity index (χ4v) is 1.71. The van der Waals surface area contributed by atoms with Crippen LogP contribution >= 0.6 is 11.8 Å². The lowest BCUT2D eigenvalue weighted by Gasteiger charge is -2.07. The molecular weight excluding hydrogens is 168 g/mol. The molecule has 0 saturated carbocycles. The van der Waals surface area contributed by atoms with E-state index in [1.54, 1.807) is 7.11 Å². The zero-order valence-corrected chi connectivity index (χ0v) is 8.57. The first-order chi connectivity index (χ1) is 5.77. The highest BCUT2D eigenvalue weighted by molar-refractivity contribution is 7.97. The molecule has 0 heterocycles. The van der Waals surface area contributed by atoms with Crippen molar-refractivity contribution in [1.29, 1.82) is 0 Å². The van der Waals surface area contributed by atoms with Crippen molar-refractivity contribution < 1.29 is 4.74 Å². The number of methoxy groups -OCH3 is 1. The van der Waals surface area contributed by atoms with Crippen molar-refractivity contribution in [1.82, 2.24) is 0 Å². The minimum atomic E-state index is 0.995. The van der Waals surface area contributed by atoms with E-state index in [1.165, 1.54) is 11.1 Å². The third-order valence-electron chi connectivity index (χ3n) is 1.74. The molecule has 0 spiro atoms. The summed E-state index contributed by atoms with van der Waals surface area (Å²) in [6, 6.07) is 6.28. The largest absolute Gasteiger partial charge is 0.496 e. The number of benzene rings is 1. The predicted octanol–water partition coefficient (Wildman–Crippen LogP) is 2.87. The van der Waals surface area contributed by atoms with Gasteiger partial charge >= 0.3 is 0 Å². The van der Waals surface area contributed by atoms with Gasteiger partial charge in [0.15, 0.2) is 0 Å². The summed E-state index contributed by atoms with van der Waals surface area (Å²) in [5.74, 6) is 2.01. The molecule has 2 heteroatoms. The fraction of sp³-hybridized carbons (Fsp3) is 0.400. The van der Waals surface area contributed by atoms with E-state index in [1.807, 2.05) is 17.8 Å². The van der Waals surface area contributed by atoms with Gasteiger partial charge in [-0.1, -0.05) is 17.7 Å². The third kappa shape index (κ3) is 2.18. The Bertz CT molecular complexity index is 258. The van der Waals surface area contributed by atoms with E-state index in [2.05, 4.69) is 25.3 Å². The van der Waals surface area contributed by atoms with Gasteiger partial charge in [-0.25, -0.2) is 0 Å². The molecule has 0 radical (unpaired) electrons. The zero-order valence-electron chi connectivity index (χ0n) is 7.76. The minimum Gasteiger partial charge on any atom is -0.496 e. The van der Waals surface area contributed by atoms with E-state index in [-0.39, 0.29) is 0 Å². The average molecular weight is 182 g/mol. The number of thioether (sulfide) groups is 1. The Balaban J connectivity index is 2.95. The highest BCUT2D eigenvalue weighted by Crippen LogP contribution is 2.22. The highest BCUT2D eigenvalue weighted by Gasteiger charge is 2.00. The molecule has 0 amide bonds. The van der Waals surface area contributed by atoms with Crippen molar-refractivity contribution in [2.45, 2.75) is 12.7 Å². The Morgan fingerprint density at radius 2 is 2.17 bits per heavy atom. The van der Waals surface area contributed by atoms with Gasteiger partial charge < -0.3 is 4.74 Å². The highest BCUT2D eigenvalue weighted by atomic mass is 32.2. The average Bonchev–Trinajstić information content (AvgIpc) is 2.05. The van der Waals surface area contributed by atoms with Gasteiger partial charge in [0, 0.05) is 11.3 Å². The summed E-state index contributed by atoms with van der Waals surface area (Å²) in [4.78, 5) is 0. The molecule has 0 bridgehead atoms. The predicted molar refractivity (Wildman–Crippen MR) is 55.0 cm³/mol. The fourth-order valence-electron chi connectivity index (χ4n) is 1.18. The summed E-state index contributed by atoms with van der Waals surface area (Å²) in [7, 11) is 1.72. The number of ether oxygens (including phenoxy) is 1. The molecule has 1 rings (SSSR count). The number of hydrogen-bond donors (Lipinski definition) is 0. The maximum absolute atomic E-state index is 5.24. The van der Waals surface area contributed by atoms with E-state index in [0.29, 0.717) is 0 Å². The molecule has 12 heavy (non-hydrogen) atoms. The zero-order chi connectivity index (χ0) is 8.97. The quantitative estimate of drug-likeness (QED) is 0.711. The second-order valence-electron chi connectivity index (χ2n) is 2.75. The topological polar surface area (TPSA) is 9.23 Å². The first kappa shape index (κ1) is 9.46. The number of rotatable bonds is 3. The van der Waals surface area contributed by atoms with Gasteiger partial charge in [-0.15, -0.1) is 0 Å². The molecule has 0 N–H and O–H groups in total. The van der Waals surface area contributed by atoms with Crippen molar-refractivity contribution in [2.24, 2.45) is 0 Å². The molecule has 0 aromatic heterocycles. The molecule has 1 aromatic rings. The Labute approximate surface area is 78.1 Å². The van der Waals surface area contributed by atoms with Crippen molar-refractivity contribution in [3.63, 3.8) is 0 Å². The van der Waals surface area contributed by atoms with Crippen LogP contribution in [0.2, 0.25) is 0 Å². The molecule has 1 aromatic carbocycles. The van der Waals surface area contributed by atoms with E-state index in [4.69, 9.17) is 4.74 Å². The molecule has 0 atom stereocenters. The first-order valence-corrected chi connectivity index (χ1v) is 5.29. The summed E-state index contributed by atoms with van der Waals surface area (Å²) < 4.78 is 5.24. The van der Waals surface area contributed by atoms with Crippen LogP contribution in [0.1, 0.15) is 11.1 Å². The van der Waals surface area contributed by atoms with Gasteiger partial charge in [-0.05, 0) is 19.2 Å². The van der Waals surface area contributed by atoms with Crippen molar-refractivity contribution in [3.8, 4) is 5.75 Å². The maximum atomic E-state index is 5.24. The standard InChI is InChI=1S/C10H14OS/c1-8-4-5-10(11-2)9(6-8)7-12-3/h4-6H,7H2,1-3H3. The van der Waals surface area contributed by atoms with Crippen LogP contribution in [0.3, 0.4) is 0 Å². The van der Waals surface area contributed by atoms with Crippen LogP contribution in [-0.2, 0) is 5.75 Å². The van der Waals surface area contributed by atoms with E-state index in [9.17, 15) is 0 Å². The van der Waals surface area contributed by atoms with E-state index in [0.717, 1.165) is 11.5 Å². The Hall–Kier alpha value is -0.630. The van der Waals surface area contributed by atoms with Crippen LogP contribution in [0.5, 0.6) is 5.75 Å². The van der Waals surface area contributed by atoms with Crippen molar-refractivity contribution in [3.05, 3.63) is 29.3 Å². The van der Waals surface area contributed by atoms with Gasteiger partial charge in [0.05, 0.1) is 7.11 Å². The molecule has 0 saturated heterocycles. The Morgan fingerprint density at radius 1 is 1.42 bits per heavy atom. The second kappa shape index (κ2) is 4.41. The van der Waals surface area contributed by atoms with Gasteiger partial charge in [-0.3, -0.25) is 0 Å². The Kier molecular flexibility index (Phi) is 3.48. The lowest BCUT2D eigenvalue weighted by atomic mass is 10.1. The molecule has 0 aliphatic carbocycles. The SMILES string of the molecule is COc1ccc(C)cc1CSC. The number of aryl methyl sites for hydroxylation is 1. The smallest absolute Gasteiger partial charge is 0.122 e. The van der Waals surface area contributed by atoms with Crippen LogP contribution in [0.15, 0.2) is 18.2 Å². The van der Waals surface area contributed by atoms with Crippen molar-refractivity contribution in [2.75, 3.05) is 13.4 Å². The summed E-state index contributed by atoms with van der Waals surface area (Å²) in [6.45, 7) is 2.10. The summed E-state index contributed by atoms with van der Waals surface area (Å²) in [5.41, 5.74) is 2.57. The van der Waals surface area contributed by atoms with Crippen LogP contribution in [0, 0.1) is 6.92 Å². The molecular formula is C10H14OS. The molecule has 0 fully saturated rings. The van der Waals surface area contributed by atoms with E-state index < -0.39 is 0 Å². The van der Waals surface area contributed by atoms with E-state index >= 15 is 0 Å². The molecule has 0 unspecified atom stereocenters. The molecule has 1 nitrogen and oxygen atoms in total. The molecule has 66 valence electrons. The maximum Gasteiger partial charge on any atom is 0.122 e. The number of hydrogen-bond acceptors (Lipinski definition) is 2. The van der Waals surface area contributed by atoms with Crippen LogP contribution in [0.4, 0.5) is 0 Å². The second-order valence-corrected chi connectivity index (χ2v) is 3.61. The van der Waals surface area contributed by atoms with Gasteiger partial charge in [0.25, 0.3) is 0 Å². The monoisotopic (exact) mass is 182 g/mol. The molecule has 0 aliphatic rings. The van der Waals surface area contributed by atoms with Crippen molar-refractivity contribution >= 4 is 11.8 Å². The molecule has 0 aliphatic heterocycles. The van der Waals surface area contributed by atoms with Crippen LogP contribution in [0.25, 0.3) is 0 Å². The lowest BCUT2D eigenvalue weighted by molar-refractivity contribution is 0.411. The van der Waals surface area contributed by atoms with Gasteiger partial charge in [-0.2, -0.15) is 11.8 Å². The summed E-state index contributed by atoms with van der Waals surface area (Å²) in [5, 5.41) is 0. The minimum absolute atomic E-state index is 0.995. The van der Waals surface area contributed by atoms with Crippen LogP contribution < -0.4 is 4.74 Å².